The van der Waals surface area contributed by atoms with Gasteiger partial charge in [-0.05, 0) is 36.4 Å². The number of hydrogen-bond donors (Lipinski definition) is 0. The average Bonchev–Trinajstić information content (AvgIpc) is 3.03. The summed E-state index contributed by atoms with van der Waals surface area (Å²) >= 11 is 7.40. The van der Waals surface area contributed by atoms with Gasteiger partial charge in [-0.25, -0.2) is 4.98 Å². The standard InChI is InChI=1S/C17H11ClN2OS/c18-14-5-3-12(4-6-14)17-20-15(11-22-17)7-8-16(21)13-2-1-9-19-10-13/h1-11H. The molecule has 1 aromatic carbocycles. The first-order valence-corrected chi connectivity index (χ1v) is 7.82. The topological polar surface area (TPSA) is 42.9 Å². The normalized spacial score (nSPS) is 11.0. The van der Waals surface area contributed by atoms with Crippen molar-refractivity contribution in [1.29, 1.82) is 0 Å². The van der Waals surface area contributed by atoms with Crippen LogP contribution in [0.5, 0.6) is 0 Å². The van der Waals surface area contributed by atoms with Gasteiger partial charge in [0.2, 0.25) is 0 Å². The van der Waals surface area contributed by atoms with Crippen LogP contribution in [0.25, 0.3) is 16.6 Å². The molecule has 0 bridgehead atoms. The number of aromatic nitrogens is 2. The van der Waals surface area contributed by atoms with Gasteiger partial charge in [-0.3, -0.25) is 9.78 Å². The monoisotopic (exact) mass is 326 g/mol. The van der Waals surface area contributed by atoms with Crippen LogP contribution in [0.15, 0.2) is 60.2 Å². The fourth-order valence-electron chi connectivity index (χ4n) is 1.85. The second-order valence-corrected chi connectivity index (χ2v) is 5.82. The molecule has 108 valence electrons. The maximum absolute atomic E-state index is 12.0. The van der Waals surface area contributed by atoms with Gasteiger partial charge in [0.15, 0.2) is 5.78 Å². The van der Waals surface area contributed by atoms with Crippen LogP contribution in [0.4, 0.5) is 0 Å². The molecule has 0 radical (unpaired) electrons. The fourth-order valence-corrected chi connectivity index (χ4v) is 2.77. The molecule has 2 aromatic heterocycles. The number of allylic oxidation sites excluding steroid dienone is 1. The van der Waals surface area contributed by atoms with Crippen molar-refractivity contribution in [1.82, 2.24) is 9.97 Å². The second-order valence-electron chi connectivity index (χ2n) is 4.52. The number of thiazole rings is 1. The molecule has 0 aliphatic rings. The lowest BCUT2D eigenvalue weighted by Gasteiger charge is -1.95. The molecule has 0 N–H and O–H groups in total. The molecule has 0 amide bonds. The Labute approximate surface area is 136 Å². The molecule has 0 saturated heterocycles. The van der Waals surface area contributed by atoms with Crippen LogP contribution >= 0.6 is 22.9 Å². The smallest absolute Gasteiger partial charge is 0.187 e. The summed E-state index contributed by atoms with van der Waals surface area (Å²) in [6.07, 6.45) is 6.41. The van der Waals surface area contributed by atoms with E-state index >= 15 is 0 Å². The Balaban J connectivity index is 1.75. The molecule has 3 aromatic rings. The van der Waals surface area contributed by atoms with Gasteiger partial charge in [0, 0.05) is 33.9 Å². The van der Waals surface area contributed by atoms with Crippen molar-refractivity contribution in [2.75, 3.05) is 0 Å². The van der Waals surface area contributed by atoms with E-state index in [-0.39, 0.29) is 5.78 Å². The number of rotatable bonds is 4. The predicted octanol–water partition coefficient (Wildman–Crippen LogP) is 4.75. The first-order valence-electron chi connectivity index (χ1n) is 6.56. The summed E-state index contributed by atoms with van der Waals surface area (Å²) in [5.74, 6) is -0.0888. The highest BCUT2D eigenvalue weighted by molar-refractivity contribution is 7.13. The summed E-state index contributed by atoms with van der Waals surface area (Å²) in [5, 5.41) is 3.50. The lowest BCUT2D eigenvalue weighted by molar-refractivity contribution is 0.104. The van der Waals surface area contributed by atoms with Gasteiger partial charge in [-0.15, -0.1) is 11.3 Å². The first-order chi connectivity index (χ1) is 10.7. The van der Waals surface area contributed by atoms with Crippen molar-refractivity contribution in [3.8, 4) is 10.6 Å². The summed E-state index contributed by atoms with van der Waals surface area (Å²) < 4.78 is 0. The minimum absolute atomic E-state index is 0.0888. The average molecular weight is 327 g/mol. The third-order valence-corrected chi connectivity index (χ3v) is 4.13. The lowest BCUT2D eigenvalue weighted by atomic mass is 10.2. The lowest BCUT2D eigenvalue weighted by Crippen LogP contribution is -1.94. The van der Waals surface area contributed by atoms with Crippen LogP contribution < -0.4 is 0 Å². The highest BCUT2D eigenvalue weighted by Crippen LogP contribution is 2.25. The number of pyridine rings is 1. The van der Waals surface area contributed by atoms with Gasteiger partial charge in [-0.1, -0.05) is 23.7 Å². The third kappa shape index (κ3) is 3.47. The van der Waals surface area contributed by atoms with E-state index in [0.29, 0.717) is 10.6 Å². The van der Waals surface area contributed by atoms with Crippen LogP contribution in [0.1, 0.15) is 16.1 Å². The minimum atomic E-state index is -0.0888. The molecule has 0 unspecified atom stereocenters. The third-order valence-electron chi connectivity index (χ3n) is 2.96. The molecule has 5 heteroatoms. The Hall–Kier alpha value is -2.30. The van der Waals surface area contributed by atoms with Crippen molar-refractivity contribution < 1.29 is 4.79 Å². The molecule has 22 heavy (non-hydrogen) atoms. The number of benzene rings is 1. The summed E-state index contributed by atoms with van der Waals surface area (Å²) in [6.45, 7) is 0. The van der Waals surface area contributed by atoms with E-state index in [9.17, 15) is 4.79 Å². The van der Waals surface area contributed by atoms with Crippen molar-refractivity contribution in [2.24, 2.45) is 0 Å². The largest absolute Gasteiger partial charge is 0.289 e. The molecule has 2 heterocycles. The number of halogens is 1. The van der Waals surface area contributed by atoms with Gasteiger partial charge in [0.05, 0.1) is 5.69 Å². The Morgan fingerprint density at radius 3 is 2.73 bits per heavy atom. The molecule has 0 aliphatic carbocycles. The van der Waals surface area contributed by atoms with Crippen molar-refractivity contribution in [3.05, 3.63) is 76.5 Å². The van der Waals surface area contributed by atoms with Gasteiger partial charge < -0.3 is 0 Å². The van der Waals surface area contributed by atoms with Crippen molar-refractivity contribution >= 4 is 34.8 Å². The van der Waals surface area contributed by atoms with Crippen molar-refractivity contribution in [2.45, 2.75) is 0 Å². The van der Waals surface area contributed by atoms with E-state index in [1.54, 1.807) is 30.6 Å². The van der Waals surface area contributed by atoms with E-state index in [1.165, 1.54) is 17.4 Å². The summed E-state index contributed by atoms with van der Waals surface area (Å²) in [4.78, 5) is 20.4. The number of hydrogen-bond acceptors (Lipinski definition) is 4. The predicted molar refractivity (Wildman–Crippen MR) is 90.2 cm³/mol. The molecule has 0 saturated carbocycles. The van der Waals surface area contributed by atoms with E-state index < -0.39 is 0 Å². The molecule has 3 nitrogen and oxygen atoms in total. The highest BCUT2D eigenvalue weighted by atomic mass is 35.5. The van der Waals surface area contributed by atoms with Crippen LogP contribution in [0.2, 0.25) is 5.02 Å². The molecule has 0 atom stereocenters. The zero-order valence-electron chi connectivity index (χ0n) is 11.4. The van der Waals surface area contributed by atoms with Crippen LogP contribution in [-0.2, 0) is 0 Å². The summed E-state index contributed by atoms with van der Waals surface area (Å²) in [6, 6.07) is 11.0. The molecular weight excluding hydrogens is 316 g/mol. The number of ketones is 1. The van der Waals surface area contributed by atoms with E-state index in [1.807, 2.05) is 29.6 Å². The maximum atomic E-state index is 12.0. The Kier molecular flexibility index (Phi) is 4.42. The second kappa shape index (κ2) is 6.64. The van der Waals surface area contributed by atoms with Gasteiger partial charge >= 0.3 is 0 Å². The SMILES string of the molecule is O=C(C=Cc1csc(-c2ccc(Cl)cc2)n1)c1cccnc1. The Bertz CT molecular complexity index is 810. The molecule has 0 spiro atoms. The van der Waals surface area contributed by atoms with Crippen LogP contribution in [0.3, 0.4) is 0 Å². The minimum Gasteiger partial charge on any atom is -0.289 e. The first kappa shape index (κ1) is 14.6. The van der Waals surface area contributed by atoms with E-state index in [2.05, 4.69) is 9.97 Å². The highest BCUT2D eigenvalue weighted by Gasteiger charge is 2.04. The zero-order chi connectivity index (χ0) is 15.4. The summed E-state index contributed by atoms with van der Waals surface area (Å²) in [7, 11) is 0. The van der Waals surface area contributed by atoms with E-state index in [4.69, 9.17) is 11.6 Å². The summed E-state index contributed by atoms with van der Waals surface area (Å²) in [5.41, 5.74) is 2.33. The van der Waals surface area contributed by atoms with Gasteiger partial charge in [-0.2, -0.15) is 0 Å². The maximum Gasteiger partial charge on any atom is 0.187 e. The Morgan fingerprint density at radius 1 is 1.18 bits per heavy atom. The fraction of sp³-hybridized carbons (Fsp3) is 0. The van der Waals surface area contributed by atoms with Crippen LogP contribution in [-0.4, -0.2) is 15.8 Å². The van der Waals surface area contributed by atoms with Gasteiger partial charge in [0.25, 0.3) is 0 Å². The van der Waals surface area contributed by atoms with E-state index in [0.717, 1.165) is 16.3 Å². The van der Waals surface area contributed by atoms with Gasteiger partial charge in [0.1, 0.15) is 5.01 Å². The molecule has 0 aliphatic heterocycles. The number of carbonyl (C=O) groups is 1. The van der Waals surface area contributed by atoms with Crippen LogP contribution in [0, 0.1) is 0 Å². The van der Waals surface area contributed by atoms with Crippen molar-refractivity contribution in [3.63, 3.8) is 0 Å². The molecule has 3 rings (SSSR count). The number of carbonyl (C=O) groups excluding carboxylic acids is 1. The zero-order valence-corrected chi connectivity index (χ0v) is 13.0. The number of nitrogens with zero attached hydrogens (tertiary/aromatic N) is 2. The Morgan fingerprint density at radius 2 is 2.00 bits per heavy atom. The quantitative estimate of drug-likeness (QED) is 0.513. The molecular formula is C17H11ClN2OS. The molecule has 0 fully saturated rings.